The van der Waals surface area contributed by atoms with Gasteiger partial charge >= 0.3 is 0 Å². The van der Waals surface area contributed by atoms with Gasteiger partial charge in [0, 0.05) is 31.3 Å². The summed E-state index contributed by atoms with van der Waals surface area (Å²) in [6, 6.07) is 8.71. The Hall–Kier alpha value is -0.430. The average molecular weight is 421 g/mol. The van der Waals surface area contributed by atoms with Gasteiger partial charge in [0.15, 0.2) is 5.96 Å². The minimum Gasteiger partial charge on any atom is -0.356 e. The standard InChI is InChI=1S/C16H27N3S.HI/c1-13-7-6-8-14(11-13)16(2,3)12-19-15(17-4)18-9-10-20-5;/h6-8,11H,9-10,12H2,1-5H3,(H2,17,18,19);1H. The number of hydrogen-bond acceptors (Lipinski definition) is 2. The van der Waals surface area contributed by atoms with Crippen LogP contribution in [-0.2, 0) is 5.41 Å². The third kappa shape index (κ3) is 7.40. The molecule has 2 N–H and O–H groups in total. The molecule has 0 spiro atoms. The van der Waals surface area contributed by atoms with Gasteiger partial charge in [-0.25, -0.2) is 0 Å². The first kappa shape index (κ1) is 20.6. The normalized spacial score (nSPS) is 11.8. The minimum absolute atomic E-state index is 0. The Balaban J connectivity index is 0.00000400. The van der Waals surface area contributed by atoms with Crippen LogP contribution in [0.2, 0.25) is 0 Å². The highest BCUT2D eigenvalue weighted by molar-refractivity contribution is 14.0. The number of nitrogens with one attached hydrogen (secondary N) is 2. The van der Waals surface area contributed by atoms with E-state index in [0.717, 1.165) is 24.8 Å². The molecule has 120 valence electrons. The number of thioether (sulfide) groups is 1. The van der Waals surface area contributed by atoms with Crippen molar-refractivity contribution < 1.29 is 0 Å². The van der Waals surface area contributed by atoms with E-state index in [2.05, 4.69) is 66.9 Å². The molecule has 1 aromatic rings. The van der Waals surface area contributed by atoms with Crippen molar-refractivity contribution in [3.05, 3.63) is 35.4 Å². The van der Waals surface area contributed by atoms with Gasteiger partial charge in [0.1, 0.15) is 0 Å². The molecule has 5 heteroatoms. The predicted octanol–water partition coefficient (Wildman–Crippen LogP) is 3.42. The maximum atomic E-state index is 4.26. The lowest BCUT2D eigenvalue weighted by Crippen LogP contribution is -2.44. The first-order valence-corrected chi connectivity index (χ1v) is 8.39. The number of aryl methyl sites for hydroxylation is 1. The largest absolute Gasteiger partial charge is 0.356 e. The van der Waals surface area contributed by atoms with Crippen molar-refractivity contribution in [1.29, 1.82) is 0 Å². The molecule has 0 aliphatic rings. The van der Waals surface area contributed by atoms with Crippen LogP contribution in [0.15, 0.2) is 29.3 Å². The van der Waals surface area contributed by atoms with Crippen LogP contribution < -0.4 is 10.6 Å². The Bertz CT molecular complexity index is 447. The zero-order valence-electron chi connectivity index (χ0n) is 13.7. The Morgan fingerprint density at radius 1 is 1.29 bits per heavy atom. The van der Waals surface area contributed by atoms with Crippen molar-refractivity contribution >= 4 is 41.7 Å². The van der Waals surface area contributed by atoms with Gasteiger partial charge < -0.3 is 10.6 Å². The molecule has 0 radical (unpaired) electrons. The van der Waals surface area contributed by atoms with Crippen molar-refractivity contribution in [2.45, 2.75) is 26.2 Å². The number of benzene rings is 1. The maximum absolute atomic E-state index is 4.26. The molecule has 0 amide bonds. The van der Waals surface area contributed by atoms with Crippen LogP contribution in [-0.4, -0.2) is 38.1 Å². The molecular formula is C16H28IN3S. The van der Waals surface area contributed by atoms with E-state index >= 15 is 0 Å². The fourth-order valence-electron chi connectivity index (χ4n) is 1.96. The number of hydrogen-bond donors (Lipinski definition) is 2. The van der Waals surface area contributed by atoms with Crippen LogP contribution in [0.4, 0.5) is 0 Å². The summed E-state index contributed by atoms with van der Waals surface area (Å²) < 4.78 is 0. The van der Waals surface area contributed by atoms with Gasteiger partial charge in [0.25, 0.3) is 0 Å². The number of halogens is 1. The van der Waals surface area contributed by atoms with E-state index in [9.17, 15) is 0 Å². The zero-order chi connectivity index (χ0) is 15.0. The molecule has 0 saturated heterocycles. The monoisotopic (exact) mass is 421 g/mol. The molecule has 0 bridgehead atoms. The predicted molar refractivity (Wildman–Crippen MR) is 107 cm³/mol. The molecule has 0 aliphatic heterocycles. The molecule has 0 saturated carbocycles. The third-order valence-corrected chi connectivity index (χ3v) is 3.93. The van der Waals surface area contributed by atoms with Crippen molar-refractivity contribution in [3.8, 4) is 0 Å². The second-order valence-electron chi connectivity index (χ2n) is 5.60. The van der Waals surface area contributed by atoms with E-state index in [1.54, 1.807) is 0 Å². The van der Waals surface area contributed by atoms with E-state index in [1.165, 1.54) is 11.1 Å². The highest BCUT2D eigenvalue weighted by Crippen LogP contribution is 2.22. The molecule has 0 aromatic heterocycles. The van der Waals surface area contributed by atoms with Gasteiger partial charge in [-0.15, -0.1) is 24.0 Å². The lowest BCUT2D eigenvalue weighted by atomic mass is 9.84. The number of nitrogens with zero attached hydrogens (tertiary/aromatic N) is 1. The highest BCUT2D eigenvalue weighted by Gasteiger charge is 2.20. The Morgan fingerprint density at radius 3 is 2.57 bits per heavy atom. The van der Waals surface area contributed by atoms with Crippen molar-refractivity contribution in [3.63, 3.8) is 0 Å². The topological polar surface area (TPSA) is 36.4 Å². The van der Waals surface area contributed by atoms with Gasteiger partial charge in [-0.1, -0.05) is 43.7 Å². The molecule has 21 heavy (non-hydrogen) atoms. The summed E-state index contributed by atoms with van der Waals surface area (Å²) in [4.78, 5) is 4.26. The molecular weight excluding hydrogens is 393 g/mol. The van der Waals surface area contributed by atoms with E-state index in [4.69, 9.17) is 0 Å². The molecule has 0 heterocycles. The lowest BCUT2D eigenvalue weighted by Gasteiger charge is -2.27. The summed E-state index contributed by atoms with van der Waals surface area (Å²) in [5.41, 5.74) is 2.73. The fraction of sp³-hybridized carbons (Fsp3) is 0.562. The molecule has 1 aromatic carbocycles. The fourth-order valence-corrected chi connectivity index (χ4v) is 2.27. The van der Waals surface area contributed by atoms with Crippen LogP contribution >= 0.6 is 35.7 Å². The molecule has 0 atom stereocenters. The van der Waals surface area contributed by atoms with Crippen LogP contribution in [0, 0.1) is 6.92 Å². The quantitative estimate of drug-likeness (QED) is 0.320. The molecule has 3 nitrogen and oxygen atoms in total. The van der Waals surface area contributed by atoms with Crippen LogP contribution in [0.1, 0.15) is 25.0 Å². The Morgan fingerprint density at radius 2 is 2.00 bits per heavy atom. The Labute approximate surface area is 150 Å². The number of guanidine groups is 1. The third-order valence-electron chi connectivity index (χ3n) is 3.32. The Kier molecular flexibility index (Phi) is 10.1. The maximum Gasteiger partial charge on any atom is 0.191 e. The van der Waals surface area contributed by atoms with E-state index in [0.29, 0.717) is 0 Å². The van der Waals surface area contributed by atoms with Crippen molar-refractivity contribution in [2.24, 2.45) is 4.99 Å². The molecule has 1 rings (SSSR count). The summed E-state index contributed by atoms with van der Waals surface area (Å²) in [7, 11) is 1.81. The first-order valence-electron chi connectivity index (χ1n) is 7.00. The highest BCUT2D eigenvalue weighted by atomic mass is 127. The lowest BCUT2D eigenvalue weighted by molar-refractivity contribution is 0.509. The smallest absolute Gasteiger partial charge is 0.191 e. The van der Waals surface area contributed by atoms with Gasteiger partial charge in [-0.05, 0) is 18.7 Å². The van der Waals surface area contributed by atoms with E-state index in [-0.39, 0.29) is 29.4 Å². The average Bonchev–Trinajstić information content (AvgIpc) is 2.42. The van der Waals surface area contributed by atoms with Crippen LogP contribution in [0.3, 0.4) is 0 Å². The van der Waals surface area contributed by atoms with Gasteiger partial charge in [-0.3, -0.25) is 4.99 Å². The number of rotatable bonds is 6. The van der Waals surface area contributed by atoms with Crippen molar-refractivity contribution in [2.75, 3.05) is 32.1 Å². The summed E-state index contributed by atoms with van der Waals surface area (Å²) in [5, 5.41) is 6.74. The second kappa shape index (κ2) is 10.3. The van der Waals surface area contributed by atoms with Crippen molar-refractivity contribution in [1.82, 2.24) is 10.6 Å². The molecule has 0 unspecified atom stereocenters. The first-order chi connectivity index (χ1) is 9.49. The van der Waals surface area contributed by atoms with Crippen LogP contribution in [0.25, 0.3) is 0 Å². The molecule has 0 fully saturated rings. The van der Waals surface area contributed by atoms with Crippen LogP contribution in [0.5, 0.6) is 0 Å². The summed E-state index contributed by atoms with van der Waals surface area (Å²) in [5.74, 6) is 1.96. The minimum atomic E-state index is 0. The summed E-state index contributed by atoms with van der Waals surface area (Å²) >= 11 is 1.83. The van der Waals surface area contributed by atoms with Gasteiger partial charge in [-0.2, -0.15) is 11.8 Å². The van der Waals surface area contributed by atoms with Gasteiger partial charge in [0.05, 0.1) is 0 Å². The SMILES string of the molecule is CN=C(NCCSC)NCC(C)(C)c1cccc(C)c1.I. The molecule has 0 aliphatic carbocycles. The number of aliphatic imine (C=N–C) groups is 1. The van der Waals surface area contributed by atoms with Gasteiger partial charge in [0.2, 0.25) is 0 Å². The summed E-state index contributed by atoms with van der Waals surface area (Å²) in [6.07, 6.45) is 2.11. The van der Waals surface area contributed by atoms with E-state index in [1.807, 2.05) is 18.8 Å². The second-order valence-corrected chi connectivity index (χ2v) is 6.58. The zero-order valence-corrected chi connectivity index (χ0v) is 16.8. The summed E-state index contributed by atoms with van der Waals surface area (Å²) in [6.45, 7) is 8.44. The van der Waals surface area contributed by atoms with E-state index < -0.39 is 0 Å².